The zero-order chi connectivity index (χ0) is 13.0. The van der Waals surface area contributed by atoms with Gasteiger partial charge in [0.25, 0.3) is 0 Å². The van der Waals surface area contributed by atoms with Crippen LogP contribution in [0.4, 0.5) is 0 Å². The first-order valence-corrected chi connectivity index (χ1v) is 6.97. The third-order valence-electron chi connectivity index (χ3n) is 3.69. The van der Waals surface area contributed by atoms with Gasteiger partial charge in [0.1, 0.15) is 0 Å². The van der Waals surface area contributed by atoms with Gasteiger partial charge in [-0.1, -0.05) is 0 Å². The second-order valence-corrected chi connectivity index (χ2v) is 5.37. The molecule has 1 saturated heterocycles. The van der Waals surface area contributed by atoms with Crippen molar-refractivity contribution in [2.24, 2.45) is 5.92 Å². The van der Waals surface area contributed by atoms with Gasteiger partial charge in [-0.2, -0.15) is 0 Å². The monoisotopic (exact) mass is 253 g/mol. The number of hydrogen-bond donors (Lipinski definition) is 3. The Kier molecular flexibility index (Phi) is 4.58. The third-order valence-corrected chi connectivity index (χ3v) is 3.69. The first-order chi connectivity index (χ1) is 8.66. The van der Waals surface area contributed by atoms with Crippen LogP contribution >= 0.6 is 0 Å². The summed E-state index contributed by atoms with van der Waals surface area (Å²) in [5.74, 6) is 0.173. The van der Waals surface area contributed by atoms with Gasteiger partial charge >= 0.3 is 0 Å². The Labute approximate surface area is 108 Å². The van der Waals surface area contributed by atoms with Crippen LogP contribution in [0.1, 0.15) is 39.0 Å². The van der Waals surface area contributed by atoms with Gasteiger partial charge in [-0.3, -0.25) is 9.59 Å². The first-order valence-electron chi connectivity index (χ1n) is 6.97. The maximum atomic E-state index is 11.9. The largest absolute Gasteiger partial charge is 0.355 e. The summed E-state index contributed by atoms with van der Waals surface area (Å²) in [7, 11) is 0. The topological polar surface area (TPSA) is 70.2 Å². The van der Waals surface area contributed by atoms with Crippen molar-refractivity contribution in [1.29, 1.82) is 0 Å². The lowest BCUT2D eigenvalue weighted by Gasteiger charge is -2.28. The SMILES string of the molecule is CC1NCCCC1C(=O)NCCC(=O)NC1CC1. The van der Waals surface area contributed by atoms with Gasteiger partial charge in [0.05, 0.1) is 5.92 Å². The molecule has 102 valence electrons. The molecule has 1 aliphatic carbocycles. The van der Waals surface area contributed by atoms with E-state index in [9.17, 15) is 9.59 Å². The number of piperidine rings is 1. The smallest absolute Gasteiger partial charge is 0.224 e. The van der Waals surface area contributed by atoms with Crippen molar-refractivity contribution < 1.29 is 9.59 Å². The lowest BCUT2D eigenvalue weighted by atomic mass is 9.91. The Morgan fingerprint density at radius 3 is 2.72 bits per heavy atom. The zero-order valence-corrected chi connectivity index (χ0v) is 11.0. The lowest BCUT2D eigenvalue weighted by Crippen LogP contribution is -2.47. The number of nitrogens with one attached hydrogen (secondary N) is 3. The van der Waals surface area contributed by atoms with E-state index in [0.29, 0.717) is 19.0 Å². The highest BCUT2D eigenvalue weighted by molar-refractivity contribution is 5.81. The van der Waals surface area contributed by atoms with Gasteiger partial charge in [-0.15, -0.1) is 0 Å². The van der Waals surface area contributed by atoms with Crippen molar-refractivity contribution in [2.45, 2.75) is 51.1 Å². The highest BCUT2D eigenvalue weighted by atomic mass is 16.2. The number of hydrogen-bond acceptors (Lipinski definition) is 3. The van der Waals surface area contributed by atoms with Crippen LogP contribution in [0.2, 0.25) is 0 Å². The highest BCUT2D eigenvalue weighted by Gasteiger charge is 2.27. The number of amides is 2. The van der Waals surface area contributed by atoms with Gasteiger partial charge in [-0.25, -0.2) is 0 Å². The molecule has 1 aliphatic heterocycles. The first kappa shape index (κ1) is 13.3. The molecule has 1 saturated carbocycles. The van der Waals surface area contributed by atoms with Crippen molar-refractivity contribution in [1.82, 2.24) is 16.0 Å². The molecule has 2 aliphatic rings. The average Bonchev–Trinajstić information content (AvgIpc) is 3.13. The lowest BCUT2D eigenvalue weighted by molar-refractivity contribution is -0.126. The summed E-state index contributed by atoms with van der Waals surface area (Å²) in [6, 6.07) is 0.634. The Bertz CT molecular complexity index is 315. The van der Waals surface area contributed by atoms with Crippen molar-refractivity contribution in [2.75, 3.05) is 13.1 Å². The second kappa shape index (κ2) is 6.18. The summed E-state index contributed by atoms with van der Waals surface area (Å²) >= 11 is 0. The molecule has 0 aromatic rings. The maximum absolute atomic E-state index is 11.9. The molecule has 2 amide bonds. The van der Waals surface area contributed by atoms with E-state index in [4.69, 9.17) is 0 Å². The van der Waals surface area contributed by atoms with Gasteiger partial charge in [0.2, 0.25) is 11.8 Å². The fourth-order valence-corrected chi connectivity index (χ4v) is 2.36. The minimum atomic E-state index is 0.0465. The second-order valence-electron chi connectivity index (χ2n) is 5.37. The normalized spacial score (nSPS) is 27.6. The van der Waals surface area contributed by atoms with Gasteiger partial charge in [0.15, 0.2) is 0 Å². The molecule has 5 nitrogen and oxygen atoms in total. The van der Waals surface area contributed by atoms with Crippen LogP contribution in [0.5, 0.6) is 0 Å². The molecular formula is C13H23N3O2. The number of carbonyl (C=O) groups excluding carboxylic acids is 2. The molecule has 5 heteroatoms. The van der Waals surface area contributed by atoms with Crippen molar-refractivity contribution in [3.05, 3.63) is 0 Å². The summed E-state index contributed by atoms with van der Waals surface area (Å²) in [5, 5.41) is 9.09. The average molecular weight is 253 g/mol. The molecule has 2 rings (SSSR count). The Balaban J connectivity index is 1.62. The van der Waals surface area contributed by atoms with Crippen LogP contribution in [0.3, 0.4) is 0 Å². The predicted octanol–water partition coefficient (Wildman–Crippen LogP) is 0.159. The van der Waals surface area contributed by atoms with Crippen molar-refractivity contribution in [3.8, 4) is 0 Å². The Morgan fingerprint density at radius 1 is 1.28 bits per heavy atom. The van der Waals surface area contributed by atoms with E-state index in [1.54, 1.807) is 0 Å². The molecule has 2 fully saturated rings. The predicted molar refractivity (Wildman–Crippen MR) is 69.0 cm³/mol. The quantitative estimate of drug-likeness (QED) is 0.653. The standard InChI is InChI=1S/C13H23N3O2/c1-9-11(3-2-7-14-9)13(18)15-8-6-12(17)16-10-4-5-10/h9-11,14H,2-8H2,1H3,(H,15,18)(H,16,17). The van der Waals surface area contributed by atoms with Crippen LogP contribution in [0.15, 0.2) is 0 Å². The van der Waals surface area contributed by atoms with Crippen LogP contribution in [-0.2, 0) is 9.59 Å². The summed E-state index contributed by atoms with van der Waals surface area (Å²) < 4.78 is 0. The molecule has 0 spiro atoms. The summed E-state index contributed by atoms with van der Waals surface area (Å²) in [5.41, 5.74) is 0. The molecule has 0 aromatic heterocycles. The van der Waals surface area contributed by atoms with Crippen LogP contribution in [0, 0.1) is 5.92 Å². The van der Waals surface area contributed by atoms with Gasteiger partial charge in [-0.05, 0) is 39.2 Å². The van der Waals surface area contributed by atoms with E-state index in [1.807, 2.05) is 6.92 Å². The molecule has 1 heterocycles. The minimum absolute atomic E-state index is 0.0465. The van der Waals surface area contributed by atoms with E-state index in [0.717, 1.165) is 32.2 Å². The number of carbonyl (C=O) groups is 2. The summed E-state index contributed by atoms with van der Waals surface area (Å²) in [4.78, 5) is 23.4. The van der Waals surface area contributed by atoms with Crippen LogP contribution < -0.4 is 16.0 Å². The van der Waals surface area contributed by atoms with Crippen molar-refractivity contribution >= 4 is 11.8 Å². The zero-order valence-electron chi connectivity index (χ0n) is 11.0. The molecule has 2 atom stereocenters. The van der Waals surface area contributed by atoms with E-state index in [1.165, 1.54) is 0 Å². The highest BCUT2D eigenvalue weighted by Crippen LogP contribution is 2.18. The molecule has 18 heavy (non-hydrogen) atoms. The molecule has 0 aromatic carbocycles. The van der Waals surface area contributed by atoms with Gasteiger partial charge < -0.3 is 16.0 Å². The molecule has 0 radical (unpaired) electrons. The van der Waals surface area contributed by atoms with E-state index >= 15 is 0 Å². The summed E-state index contributed by atoms with van der Waals surface area (Å²) in [6.45, 7) is 3.48. The Hall–Kier alpha value is -1.10. The fraction of sp³-hybridized carbons (Fsp3) is 0.846. The van der Waals surface area contributed by atoms with E-state index < -0.39 is 0 Å². The van der Waals surface area contributed by atoms with E-state index in [-0.39, 0.29) is 23.8 Å². The molecule has 2 unspecified atom stereocenters. The molecule has 3 N–H and O–H groups in total. The van der Waals surface area contributed by atoms with E-state index in [2.05, 4.69) is 16.0 Å². The number of rotatable bonds is 5. The Morgan fingerprint density at radius 2 is 2.06 bits per heavy atom. The van der Waals surface area contributed by atoms with Crippen LogP contribution in [0.25, 0.3) is 0 Å². The third kappa shape index (κ3) is 3.98. The fourth-order valence-electron chi connectivity index (χ4n) is 2.36. The van der Waals surface area contributed by atoms with Gasteiger partial charge in [0, 0.05) is 25.0 Å². The van der Waals surface area contributed by atoms with Crippen molar-refractivity contribution in [3.63, 3.8) is 0 Å². The molecule has 0 bridgehead atoms. The minimum Gasteiger partial charge on any atom is -0.355 e. The van der Waals surface area contributed by atoms with Crippen LogP contribution in [-0.4, -0.2) is 37.0 Å². The maximum Gasteiger partial charge on any atom is 0.224 e. The summed E-state index contributed by atoms with van der Waals surface area (Å²) in [6.07, 6.45) is 4.57. The molecular weight excluding hydrogens is 230 g/mol.